The first-order valence-corrected chi connectivity index (χ1v) is 13.7. The van der Waals surface area contributed by atoms with Crippen molar-refractivity contribution < 1.29 is 38.1 Å². The summed E-state index contributed by atoms with van der Waals surface area (Å²) in [5, 5.41) is 29.2. The molecule has 1 aliphatic rings. The Labute approximate surface area is 223 Å². The average molecular weight is 570 g/mol. The van der Waals surface area contributed by atoms with E-state index in [0.29, 0.717) is 16.2 Å². The van der Waals surface area contributed by atoms with Gasteiger partial charge in [-0.2, -0.15) is 10.2 Å². The number of hydrogen-bond donors (Lipinski definition) is 4. The molecule has 6 atom stereocenters. The highest BCUT2D eigenvalue weighted by atomic mass is 35.5. The highest BCUT2D eigenvalue weighted by Gasteiger charge is 2.54. The van der Waals surface area contributed by atoms with Crippen LogP contribution in [0.1, 0.15) is 32.6 Å². The van der Waals surface area contributed by atoms with Crippen LogP contribution in [0.4, 0.5) is 5.82 Å². The minimum absolute atomic E-state index is 0.123. The van der Waals surface area contributed by atoms with Crippen molar-refractivity contribution in [2.45, 2.75) is 50.7 Å². The standard InChI is InChI=1S/C23H29ClN5O8P/c1-4-34-22(31)13(2)28-38(33,37-15-7-5-14(24)6-8-15)35-11-18-19(30)23(3,32)20(36-18)16-9-10-17-21(25)26-12-27-29(16)17/h5-10,12-13,18-20,30,32H,4,11H2,1-3H3,(H,28,33)(H2,25,26,27)/t13-,18+,19+,20-,23+,38?/m0/s1. The van der Waals surface area contributed by atoms with Gasteiger partial charge in [-0.25, -0.2) is 14.1 Å². The molecule has 5 N–H and O–H groups in total. The van der Waals surface area contributed by atoms with Gasteiger partial charge in [-0.15, -0.1) is 0 Å². The lowest BCUT2D eigenvalue weighted by molar-refractivity contribution is -0.144. The average Bonchev–Trinajstić information content (AvgIpc) is 3.39. The molecule has 206 valence electrons. The Hall–Kier alpha value is -2.77. The second-order valence-electron chi connectivity index (χ2n) is 8.87. The molecule has 0 amide bonds. The third kappa shape index (κ3) is 5.79. The van der Waals surface area contributed by atoms with Gasteiger partial charge in [0.25, 0.3) is 0 Å². The molecule has 13 nitrogen and oxygen atoms in total. The molecule has 1 aromatic carbocycles. The molecule has 0 aliphatic carbocycles. The number of rotatable bonds is 10. The molecule has 1 aliphatic heterocycles. The quantitative estimate of drug-likeness (QED) is 0.207. The zero-order valence-electron chi connectivity index (χ0n) is 20.9. The second-order valence-corrected chi connectivity index (χ2v) is 11.0. The molecular weight excluding hydrogens is 541 g/mol. The summed E-state index contributed by atoms with van der Waals surface area (Å²) >= 11 is 5.92. The second kappa shape index (κ2) is 11.1. The number of anilines is 1. The van der Waals surface area contributed by atoms with Gasteiger partial charge in [-0.3, -0.25) is 9.32 Å². The van der Waals surface area contributed by atoms with Crippen molar-refractivity contribution in [1.29, 1.82) is 0 Å². The number of aromatic nitrogens is 3. The lowest BCUT2D eigenvalue weighted by atomic mass is 9.91. The molecule has 0 radical (unpaired) electrons. The van der Waals surface area contributed by atoms with Crippen LogP contribution in [-0.2, 0) is 23.4 Å². The summed E-state index contributed by atoms with van der Waals surface area (Å²) in [4.78, 5) is 16.1. The van der Waals surface area contributed by atoms with Gasteiger partial charge in [-0.05, 0) is 57.2 Å². The first kappa shape index (κ1) is 28.2. The van der Waals surface area contributed by atoms with Crippen LogP contribution in [0, 0.1) is 0 Å². The number of hydrogen-bond acceptors (Lipinski definition) is 11. The summed E-state index contributed by atoms with van der Waals surface area (Å²) in [6.07, 6.45) is -2.39. The predicted molar refractivity (Wildman–Crippen MR) is 137 cm³/mol. The van der Waals surface area contributed by atoms with Crippen LogP contribution >= 0.6 is 19.3 Å². The van der Waals surface area contributed by atoms with Crippen LogP contribution in [0.25, 0.3) is 5.52 Å². The molecule has 1 unspecified atom stereocenters. The number of nitrogens with one attached hydrogen (secondary N) is 1. The predicted octanol–water partition coefficient (Wildman–Crippen LogP) is 2.26. The first-order valence-electron chi connectivity index (χ1n) is 11.7. The Balaban J connectivity index is 1.55. The number of aliphatic hydroxyl groups is 2. The molecule has 3 heterocycles. The summed E-state index contributed by atoms with van der Waals surface area (Å²) < 4.78 is 37.3. The van der Waals surface area contributed by atoms with Gasteiger partial charge in [0.2, 0.25) is 0 Å². The maximum atomic E-state index is 13.7. The Kier molecular flexibility index (Phi) is 8.29. The Morgan fingerprint density at radius 3 is 2.74 bits per heavy atom. The normalized spacial score (nSPS) is 25.7. The Morgan fingerprint density at radius 2 is 2.05 bits per heavy atom. The number of fused-ring (bicyclic) bond motifs is 1. The molecule has 0 spiro atoms. The summed E-state index contributed by atoms with van der Waals surface area (Å²) in [6.45, 7) is 4.13. The number of halogens is 1. The van der Waals surface area contributed by atoms with E-state index in [1.165, 1.54) is 49.0 Å². The lowest BCUT2D eigenvalue weighted by Gasteiger charge is -2.26. The van der Waals surface area contributed by atoms with Crippen LogP contribution < -0.4 is 15.3 Å². The number of aliphatic hydroxyl groups excluding tert-OH is 1. The monoisotopic (exact) mass is 569 g/mol. The van der Waals surface area contributed by atoms with Crippen LogP contribution in [-0.4, -0.2) is 67.8 Å². The van der Waals surface area contributed by atoms with E-state index in [9.17, 15) is 19.6 Å². The van der Waals surface area contributed by atoms with E-state index in [2.05, 4.69) is 15.2 Å². The van der Waals surface area contributed by atoms with Gasteiger partial charge in [0.15, 0.2) is 5.82 Å². The molecular formula is C23H29ClN5O8P. The molecule has 0 bridgehead atoms. The molecule has 38 heavy (non-hydrogen) atoms. The molecule has 1 fully saturated rings. The highest BCUT2D eigenvalue weighted by molar-refractivity contribution is 7.52. The van der Waals surface area contributed by atoms with E-state index >= 15 is 0 Å². The summed E-state index contributed by atoms with van der Waals surface area (Å²) in [7, 11) is -4.25. The maximum absolute atomic E-state index is 13.7. The van der Waals surface area contributed by atoms with Gasteiger partial charge < -0.3 is 29.9 Å². The molecule has 0 saturated carbocycles. The van der Waals surface area contributed by atoms with Crippen LogP contribution in [0.5, 0.6) is 5.75 Å². The van der Waals surface area contributed by atoms with E-state index in [4.69, 9.17) is 35.9 Å². The summed E-state index contributed by atoms with van der Waals surface area (Å²) in [5.74, 6) is -0.292. The van der Waals surface area contributed by atoms with Crippen molar-refractivity contribution in [3.05, 3.63) is 53.4 Å². The third-order valence-electron chi connectivity index (χ3n) is 6.01. The van der Waals surface area contributed by atoms with E-state index in [0.717, 1.165) is 0 Å². The van der Waals surface area contributed by atoms with Crippen molar-refractivity contribution in [2.24, 2.45) is 0 Å². The number of carbonyl (C=O) groups is 1. The van der Waals surface area contributed by atoms with Crippen LogP contribution in [0.15, 0.2) is 42.7 Å². The van der Waals surface area contributed by atoms with Gasteiger partial charge in [0, 0.05) is 5.02 Å². The van der Waals surface area contributed by atoms with Crippen molar-refractivity contribution in [2.75, 3.05) is 18.9 Å². The largest absolute Gasteiger partial charge is 0.465 e. The van der Waals surface area contributed by atoms with E-state index in [1.807, 2.05) is 0 Å². The van der Waals surface area contributed by atoms with Gasteiger partial charge in [-0.1, -0.05) is 11.6 Å². The van der Waals surface area contributed by atoms with Crippen molar-refractivity contribution in [3.8, 4) is 5.75 Å². The Bertz CT molecular complexity index is 1340. The molecule has 1 saturated heterocycles. The number of carbonyl (C=O) groups excluding carboxylic acids is 1. The van der Waals surface area contributed by atoms with Crippen molar-refractivity contribution in [3.63, 3.8) is 0 Å². The zero-order chi connectivity index (χ0) is 27.7. The molecule has 2 aromatic heterocycles. The smallest absolute Gasteiger partial charge is 0.459 e. The van der Waals surface area contributed by atoms with Crippen molar-refractivity contribution in [1.82, 2.24) is 19.7 Å². The minimum atomic E-state index is -4.25. The van der Waals surface area contributed by atoms with Gasteiger partial charge >= 0.3 is 13.7 Å². The van der Waals surface area contributed by atoms with Crippen molar-refractivity contribution >= 4 is 36.7 Å². The van der Waals surface area contributed by atoms with Gasteiger partial charge in [0.05, 0.1) is 18.9 Å². The Morgan fingerprint density at radius 1 is 1.34 bits per heavy atom. The minimum Gasteiger partial charge on any atom is -0.465 e. The summed E-state index contributed by atoms with van der Waals surface area (Å²) in [5.41, 5.74) is 5.02. The molecule has 4 rings (SSSR count). The topological polar surface area (TPSA) is 180 Å². The highest BCUT2D eigenvalue weighted by Crippen LogP contribution is 2.48. The van der Waals surface area contributed by atoms with Crippen LogP contribution in [0.2, 0.25) is 5.02 Å². The fourth-order valence-corrected chi connectivity index (χ4v) is 5.67. The molecule has 15 heteroatoms. The summed E-state index contributed by atoms with van der Waals surface area (Å²) in [6, 6.07) is 8.25. The first-order chi connectivity index (χ1) is 17.9. The van der Waals surface area contributed by atoms with Crippen LogP contribution in [0.3, 0.4) is 0 Å². The molecule has 3 aromatic rings. The zero-order valence-corrected chi connectivity index (χ0v) is 22.5. The fourth-order valence-electron chi connectivity index (χ4n) is 4.04. The lowest BCUT2D eigenvalue weighted by Crippen LogP contribution is -2.43. The number of ether oxygens (including phenoxy) is 2. The van der Waals surface area contributed by atoms with E-state index in [1.54, 1.807) is 19.1 Å². The number of nitrogens with two attached hydrogens (primary N) is 1. The number of nitrogen functional groups attached to an aromatic ring is 1. The SMILES string of the molecule is CCOC(=O)[C@H](C)NP(=O)(OC[C@H]1O[C@@H](c2ccc3c(N)ncnn23)[C@](C)(O)[C@@H]1O)Oc1ccc(Cl)cc1. The number of nitrogens with zero attached hydrogens (tertiary/aromatic N) is 3. The van der Waals surface area contributed by atoms with E-state index < -0.39 is 50.3 Å². The van der Waals surface area contributed by atoms with E-state index in [-0.39, 0.29) is 18.2 Å². The number of esters is 1. The van der Waals surface area contributed by atoms with Gasteiger partial charge in [0.1, 0.15) is 47.5 Å². The third-order valence-corrected chi connectivity index (χ3v) is 7.91. The fraction of sp³-hybridized carbons (Fsp3) is 0.435. The number of benzene rings is 1. The maximum Gasteiger partial charge on any atom is 0.459 e.